The number of hydrogen-bond donors (Lipinski definition) is 4. The Balaban J connectivity index is 1.75. The molecule has 1 atom stereocenters. The number of alkyl halides is 2. The fourth-order valence-electron chi connectivity index (χ4n) is 3.29. The van der Waals surface area contributed by atoms with Crippen molar-refractivity contribution in [1.82, 2.24) is 5.32 Å². The molecule has 1 amide bonds. The van der Waals surface area contributed by atoms with Crippen LogP contribution in [0.25, 0.3) is 0 Å². The molecule has 0 saturated carbocycles. The van der Waals surface area contributed by atoms with Gasteiger partial charge in [-0.25, -0.2) is 8.78 Å². The predicted octanol–water partition coefficient (Wildman–Crippen LogP) is 2.87. The third-order valence-corrected chi connectivity index (χ3v) is 5.18. The maximum atomic E-state index is 14.4. The van der Waals surface area contributed by atoms with Crippen molar-refractivity contribution < 1.29 is 13.6 Å². The summed E-state index contributed by atoms with van der Waals surface area (Å²) in [4.78, 5) is 11.3. The molecule has 142 valence electrons. The summed E-state index contributed by atoms with van der Waals surface area (Å²) in [5.41, 5.74) is 5.95. The summed E-state index contributed by atoms with van der Waals surface area (Å²) >= 11 is 0. The number of primary amides is 1. The van der Waals surface area contributed by atoms with Crippen molar-refractivity contribution in [3.05, 3.63) is 65.4 Å². The van der Waals surface area contributed by atoms with Crippen molar-refractivity contribution in [3.8, 4) is 0 Å². The number of hydrogen-bond acceptors (Lipinski definition) is 4. The van der Waals surface area contributed by atoms with Crippen LogP contribution in [0.15, 0.2) is 59.8 Å². The quantitative estimate of drug-likeness (QED) is 0.655. The molecule has 5 N–H and O–H groups in total. The zero-order valence-electron chi connectivity index (χ0n) is 15.0. The predicted molar refractivity (Wildman–Crippen MR) is 102 cm³/mol. The van der Waals surface area contributed by atoms with Crippen LogP contribution in [0.2, 0.25) is 0 Å². The molecule has 1 aliphatic heterocycles. The molecule has 2 aliphatic rings. The normalized spacial score (nSPS) is 26.0. The molecule has 0 aromatic heterocycles. The lowest BCUT2D eigenvalue weighted by atomic mass is 9.73. The second-order valence-electron chi connectivity index (χ2n) is 6.96. The average Bonchev–Trinajstić information content (AvgIpc) is 2.63. The Hall–Kier alpha value is -2.80. The molecule has 1 heterocycles. The van der Waals surface area contributed by atoms with E-state index in [4.69, 9.17) is 11.1 Å². The minimum atomic E-state index is -2.77. The monoisotopic (exact) mass is 372 g/mol. The molecule has 7 heteroatoms. The Labute approximate surface area is 156 Å². The van der Waals surface area contributed by atoms with E-state index in [0.717, 1.165) is 0 Å². The van der Waals surface area contributed by atoms with E-state index in [9.17, 15) is 13.6 Å². The summed E-state index contributed by atoms with van der Waals surface area (Å²) in [5, 5.41) is 14.1. The Bertz CT molecular complexity index is 855. The van der Waals surface area contributed by atoms with Gasteiger partial charge >= 0.3 is 0 Å². The lowest BCUT2D eigenvalue weighted by molar-refractivity contribution is -0.114. The number of nitrogens with two attached hydrogens (primary N) is 1. The number of piperidine rings is 1. The Morgan fingerprint density at radius 1 is 1.33 bits per heavy atom. The largest absolute Gasteiger partial charge is 0.366 e. The number of amides is 1. The lowest BCUT2D eigenvalue weighted by Gasteiger charge is -2.42. The first-order chi connectivity index (χ1) is 12.7. The number of nitrogens with one attached hydrogen (secondary N) is 3. The molecule has 0 bridgehead atoms. The van der Waals surface area contributed by atoms with Crippen molar-refractivity contribution in [2.24, 2.45) is 5.73 Å². The van der Waals surface area contributed by atoms with Crippen molar-refractivity contribution in [1.29, 1.82) is 5.41 Å². The Morgan fingerprint density at radius 2 is 2.04 bits per heavy atom. The second-order valence-corrected chi connectivity index (χ2v) is 6.96. The number of rotatable bonds is 4. The second kappa shape index (κ2) is 7.08. The number of allylic oxidation sites excluding steroid dienone is 4. The van der Waals surface area contributed by atoms with Crippen LogP contribution in [0, 0.1) is 5.41 Å². The number of halogens is 2. The van der Waals surface area contributed by atoms with Gasteiger partial charge in [-0.1, -0.05) is 24.3 Å². The average molecular weight is 372 g/mol. The van der Waals surface area contributed by atoms with Crippen LogP contribution < -0.4 is 16.4 Å². The van der Waals surface area contributed by atoms with Crippen molar-refractivity contribution in [3.63, 3.8) is 0 Å². The summed E-state index contributed by atoms with van der Waals surface area (Å²) in [6.45, 7) is 2.12. The van der Waals surface area contributed by atoms with Gasteiger partial charge in [0, 0.05) is 37.0 Å². The summed E-state index contributed by atoms with van der Waals surface area (Å²) in [7, 11) is 0. The van der Waals surface area contributed by atoms with Crippen molar-refractivity contribution in [2.75, 3.05) is 18.4 Å². The minimum absolute atomic E-state index is 0.0366. The highest BCUT2D eigenvalue weighted by atomic mass is 19.3. The number of benzene rings is 1. The van der Waals surface area contributed by atoms with Crippen LogP contribution in [0.3, 0.4) is 0 Å². The number of anilines is 1. The molecule has 1 aromatic rings. The van der Waals surface area contributed by atoms with Gasteiger partial charge < -0.3 is 16.4 Å². The van der Waals surface area contributed by atoms with E-state index in [1.54, 1.807) is 49.5 Å². The van der Waals surface area contributed by atoms with Crippen molar-refractivity contribution >= 4 is 17.3 Å². The summed E-state index contributed by atoms with van der Waals surface area (Å²) in [5.74, 6) is -3.43. The maximum Gasteiger partial charge on any atom is 0.259 e. The zero-order chi connectivity index (χ0) is 19.7. The first-order valence-electron chi connectivity index (χ1n) is 8.68. The van der Waals surface area contributed by atoms with E-state index in [1.165, 1.54) is 6.08 Å². The summed E-state index contributed by atoms with van der Waals surface area (Å²) < 4.78 is 28.9. The fourth-order valence-corrected chi connectivity index (χ4v) is 3.29. The van der Waals surface area contributed by atoms with E-state index >= 15 is 0 Å². The Kier molecular flexibility index (Phi) is 4.97. The van der Waals surface area contributed by atoms with Gasteiger partial charge in [0.05, 0.1) is 16.7 Å². The highest BCUT2D eigenvalue weighted by Gasteiger charge is 2.52. The van der Waals surface area contributed by atoms with Crippen LogP contribution in [-0.2, 0) is 10.2 Å². The topological polar surface area (TPSA) is 91.0 Å². The molecule has 0 spiro atoms. The van der Waals surface area contributed by atoms with E-state index in [1.807, 2.05) is 0 Å². The molecule has 5 nitrogen and oxygen atoms in total. The first-order valence-corrected chi connectivity index (χ1v) is 8.68. The highest BCUT2D eigenvalue weighted by Crippen LogP contribution is 2.43. The SMILES string of the molecule is CC1(c2ccc(N/C=C3/C=CC=C(C(N)=O)C3=N)cc2)CNCCC1(F)F. The van der Waals surface area contributed by atoms with Crippen LogP contribution in [0.4, 0.5) is 14.5 Å². The minimum Gasteiger partial charge on any atom is -0.366 e. The van der Waals surface area contributed by atoms with E-state index in [-0.39, 0.29) is 24.3 Å². The summed E-state index contributed by atoms with van der Waals surface area (Å²) in [6.07, 6.45) is 6.23. The van der Waals surface area contributed by atoms with Gasteiger partial charge in [0.1, 0.15) is 0 Å². The van der Waals surface area contributed by atoms with Gasteiger partial charge in [-0.05, 0) is 30.7 Å². The van der Waals surface area contributed by atoms with Crippen LogP contribution >= 0.6 is 0 Å². The standard InChI is InChI=1S/C20H22F2N4O/c1-19(12-25-10-9-20(19,21)22)14-5-7-15(8-6-14)26-11-13-3-2-4-16(17(13)23)18(24)27/h2-8,11,23,25-26H,9-10,12H2,1H3,(H2,24,27)/b13-11-,23-17?. The molecule has 0 radical (unpaired) electrons. The highest BCUT2D eigenvalue weighted by molar-refractivity contribution is 6.28. The molecule has 1 saturated heterocycles. The molecule has 27 heavy (non-hydrogen) atoms. The number of carbonyl (C=O) groups is 1. The Morgan fingerprint density at radius 3 is 2.67 bits per heavy atom. The molecule has 1 fully saturated rings. The van der Waals surface area contributed by atoms with E-state index in [2.05, 4.69) is 10.6 Å². The van der Waals surface area contributed by atoms with Crippen LogP contribution in [0.5, 0.6) is 0 Å². The van der Waals surface area contributed by atoms with Gasteiger partial charge in [0.15, 0.2) is 0 Å². The molecule has 1 aliphatic carbocycles. The van der Waals surface area contributed by atoms with E-state index in [0.29, 0.717) is 23.4 Å². The molecular formula is C20H22F2N4O. The van der Waals surface area contributed by atoms with Crippen molar-refractivity contribution in [2.45, 2.75) is 24.7 Å². The molecule has 1 aromatic carbocycles. The smallest absolute Gasteiger partial charge is 0.259 e. The van der Waals surface area contributed by atoms with Gasteiger partial charge in [0.2, 0.25) is 0 Å². The van der Waals surface area contributed by atoms with Gasteiger partial charge in [-0.3, -0.25) is 10.2 Å². The molecule has 1 unspecified atom stereocenters. The lowest BCUT2D eigenvalue weighted by Crippen LogP contribution is -2.55. The first kappa shape index (κ1) is 19.0. The van der Waals surface area contributed by atoms with Gasteiger partial charge in [-0.15, -0.1) is 0 Å². The maximum absolute atomic E-state index is 14.4. The van der Waals surface area contributed by atoms with E-state index < -0.39 is 17.2 Å². The zero-order valence-corrected chi connectivity index (χ0v) is 15.0. The van der Waals surface area contributed by atoms with Gasteiger partial charge in [0.25, 0.3) is 11.8 Å². The molecule has 3 rings (SSSR count). The third-order valence-electron chi connectivity index (χ3n) is 5.18. The van der Waals surface area contributed by atoms with Gasteiger partial charge in [-0.2, -0.15) is 0 Å². The number of carbonyl (C=O) groups excluding carboxylic acids is 1. The summed E-state index contributed by atoms with van der Waals surface area (Å²) in [6, 6.07) is 6.84. The third kappa shape index (κ3) is 3.55. The van der Waals surface area contributed by atoms with Crippen LogP contribution in [-0.4, -0.2) is 30.6 Å². The molecular weight excluding hydrogens is 350 g/mol. The van der Waals surface area contributed by atoms with Crippen LogP contribution in [0.1, 0.15) is 18.9 Å². The fraction of sp³-hybridized carbons (Fsp3) is 0.300.